The summed E-state index contributed by atoms with van der Waals surface area (Å²) in [4.78, 5) is 33.9. The molecule has 1 saturated heterocycles. The highest BCUT2D eigenvalue weighted by Gasteiger charge is 2.30. The summed E-state index contributed by atoms with van der Waals surface area (Å²) in [6, 6.07) is -0.499. The molecule has 0 saturated carbocycles. The lowest BCUT2D eigenvalue weighted by atomic mass is 10.2. The Kier molecular flexibility index (Phi) is 4.22. The second kappa shape index (κ2) is 5.27. The predicted molar refractivity (Wildman–Crippen MR) is 58.0 cm³/mol. The minimum absolute atomic E-state index is 0.499. The standard InChI is InChI=1S/C11H17NO5/c1-11(2,3)17-10(15)9(14)16-8(13)7-5-4-6-12-7/h7,12H,4-6H2,1-3H3/t7-/m0/s1. The summed E-state index contributed by atoms with van der Waals surface area (Å²) >= 11 is 0. The number of carbonyl (C=O) groups excluding carboxylic acids is 3. The fourth-order valence-electron chi connectivity index (χ4n) is 1.41. The first-order valence-corrected chi connectivity index (χ1v) is 5.52. The van der Waals surface area contributed by atoms with Crippen molar-refractivity contribution in [3.8, 4) is 0 Å². The number of hydrogen-bond donors (Lipinski definition) is 1. The SMILES string of the molecule is CC(C)(C)OC(=O)C(=O)OC(=O)[C@@H]1CCCN1. The van der Waals surface area contributed by atoms with Crippen LogP contribution in [-0.4, -0.2) is 36.1 Å². The molecule has 1 heterocycles. The van der Waals surface area contributed by atoms with E-state index in [-0.39, 0.29) is 0 Å². The molecule has 0 spiro atoms. The molecule has 0 aromatic rings. The fourth-order valence-corrected chi connectivity index (χ4v) is 1.41. The third-order valence-corrected chi connectivity index (χ3v) is 2.10. The summed E-state index contributed by atoms with van der Waals surface area (Å²) < 4.78 is 9.20. The Morgan fingerprint density at radius 3 is 2.29 bits per heavy atom. The van der Waals surface area contributed by atoms with Gasteiger partial charge in [-0.3, -0.25) is 0 Å². The van der Waals surface area contributed by atoms with Crippen LogP contribution >= 0.6 is 0 Å². The van der Waals surface area contributed by atoms with Crippen molar-refractivity contribution in [3.63, 3.8) is 0 Å². The van der Waals surface area contributed by atoms with Crippen LogP contribution in [0.25, 0.3) is 0 Å². The molecule has 6 nitrogen and oxygen atoms in total. The predicted octanol–water partition coefficient (Wildman–Crippen LogP) is 0.150. The molecule has 0 aromatic heterocycles. The quantitative estimate of drug-likeness (QED) is 0.401. The third kappa shape index (κ3) is 4.52. The summed E-state index contributed by atoms with van der Waals surface area (Å²) in [6.45, 7) is 5.58. The highest BCUT2D eigenvalue weighted by Crippen LogP contribution is 2.09. The van der Waals surface area contributed by atoms with Crippen molar-refractivity contribution >= 4 is 17.9 Å². The van der Waals surface area contributed by atoms with Crippen molar-refractivity contribution in [1.29, 1.82) is 0 Å². The summed E-state index contributed by atoms with van der Waals surface area (Å²) in [5, 5.41) is 2.87. The molecule has 1 aliphatic heterocycles. The second-order valence-electron chi connectivity index (χ2n) is 4.86. The van der Waals surface area contributed by atoms with Crippen LogP contribution in [0, 0.1) is 0 Å². The van der Waals surface area contributed by atoms with E-state index in [1.54, 1.807) is 20.8 Å². The van der Waals surface area contributed by atoms with Gasteiger partial charge in [0.05, 0.1) is 0 Å². The molecule has 96 valence electrons. The van der Waals surface area contributed by atoms with E-state index in [2.05, 4.69) is 10.1 Å². The minimum atomic E-state index is -1.27. The van der Waals surface area contributed by atoms with Gasteiger partial charge >= 0.3 is 17.9 Å². The molecule has 0 radical (unpaired) electrons. The van der Waals surface area contributed by atoms with Gasteiger partial charge in [-0.05, 0) is 40.2 Å². The highest BCUT2D eigenvalue weighted by molar-refractivity contribution is 6.31. The number of nitrogens with one attached hydrogen (secondary N) is 1. The van der Waals surface area contributed by atoms with Crippen molar-refractivity contribution in [3.05, 3.63) is 0 Å². The van der Waals surface area contributed by atoms with E-state index < -0.39 is 29.6 Å². The zero-order valence-corrected chi connectivity index (χ0v) is 10.2. The molecule has 0 aromatic carbocycles. The van der Waals surface area contributed by atoms with Gasteiger partial charge in [0.1, 0.15) is 11.6 Å². The smallest absolute Gasteiger partial charge is 0.425 e. The van der Waals surface area contributed by atoms with Gasteiger partial charge in [0, 0.05) is 0 Å². The van der Waals surface area contributed by atoms with Crippen LogP contribution in [0.4, 0.5) is 0 Å². The Morgan fingerprint density at radius 2 is 1.82 bits per heavy atom. The number of esters is 3. The van der Waals surface area contributed by atoms with Gasteiger partial charge in [-0.25, -0.2) is 14.4 Å². The summed E-state index contributed by atoms with van der Waals surface area (Å²) in [5.74, 6) is -3.14. The van der Waals surface area contributed by atoms with E-state index >= 15 is 0 Å². The van der Waals surface area contributed by atoms with Crippen molar-refractivity contribution in [1.82, 2.24) is 5.32 Å². The zero-order chi connectivity index (χ0) is 13.1. The molecule has 1 aliphatic rings. The van der Waals surface area contributed by atoms with E-state index in [1.165, 1.54) is 0 Å². The minimum Gasteiger partial charge on any atom is -0.452 e. The number of rotatable bonds is 1. The lowest BCUT2D eigenvalue weighted by Crippen LogP contribution is -2.37. The highest BCUT2D eigenvalue weighted by atomic mass is 16.6. The van der Waals surface area contributed by atoms with Crippen molar-refractivity contribution in [2.45, 2.75) is 45.3 Å². The third-order valence-electron chi connectivity index (χ3n) is 2.10. The first-order valence-electron chi connectivity index (χ1n) is 5.52. The van der Waals surface area contributed by atoms with Crippen molar-refractivity contribution < 1.29 is 23.9 Å². The van der Waals surface area contributed by atoms with Gasteiger partial charge in [0.15, 0.2) is 0 Å². The van der Waals surface area contributed by atoms with Gasteiger partial charge in [0.25, 0.3) is 0 Å². The van der Waals surface area contributed by atoms with Crippen LogP contribution in [0.5, 0.6) is 0 Å². The van der Waals surface area contributed by atoms with Gasteiger partial charge in [-0.15, -0.1) is 0 Å². The molecular formula is C11H17NO5. The first kappa shape index (κ1) is 13.6. The number of hydrogen-bond acceptors (Lipinski definition) is 6. The molecule has 0 amide bonds. The molecule has 6 heteroatoms. The van der Waals surface area contributed by atoms with Gasteiger partial charge in [-0.1, -0.05) is 0 Å². The van der Waals surface area contributed by atoms with E-state index in [9.17, 15) is 14.4 Å². The lowest BCUT2D eigenvalue weighted by Gasteiger charge is -2.18. The molecule has 1 N–H and O–H groups in total. The molecule has 0 unspecified atom stereocenters. The van der Waals surface area contributed by atoms with Crippen LogP contribution in [-0.2, 0) is 23.9 Å². The number of ether oxygens (including phenoxy) is 2. The van der Waals surface area contributed by atoms with E-state index in [4.69, 9.17) is 4.74 Å². The molecule has 1 atom stereocenters. The van der Waals surface area contributed by atoms with E-state index in [1.807, 2.05) is 0 Å². The summed E-state index contributed by atoms with van der Waals surface area (Å²) in [6.07, 6.45) is 1.46. The summed E-state index contributed by atoms with van der Waals surface area (Å²) in [7, 11) is 0. The molecule has 0 aliphatic carbocycles. The van der Waals surface area contributed by atoms with Crippen LogP contribution < -0.4 is 5.32 Å². The lowest BCUT2D eigenvalue weighted by molar-refractivity contribution is -0.179. The van der Waals surface area contributed by atoms with Gasteiger partial charge in [-0.2, -0.15) is 0 Å². The maximum Gasteiger partial charge on any atom is 0.425 e. The Hall–Kier alpha value is -1.43. The average molecular weight is 243 g/mol. The Morgan fingerprint density at radius 1 is 1.18 bits per heavy atom. The fraction of sp³-hybridized carbons (Fsp3) is 0.727. The monoisotopic (exact) mass is 243 g/mol. The van der Waals surface area contributed by atoms with E-state index in [0.717, 1.165) is 6.42 Å². The van der Waals surface area contributed by atoms with Gasteiger partial charge < -0.3 is 14.8 Å². The van der Waals surface area contributed by atoms with Crippen LogP contribution in [0.15, 0.2) is 0 Å². The Bertz CT molecular complexity index is 325. The van der Waals surface area contributed by atoms with Crippen molar-refractivity contribution in [2.24, 2.45) is 0 Å². The van der Waals surface area contributed by atoms with Gasteiger partial charge in [0.2, 0.25) is 0 Å². The number of carbonyl (C=O) groups is 3. The Balaban J connectivity index is 2.43. The van der Waals surface area contributed by atoms with Crippen LogP contribution in [0.1, 0.15) is 33.6 Å². The average Bonchev–Trinajstić information content (AvgIpc) is 2.67. The maximum absolute atomic E-state index is 11.4. The normalized spacial score (nSPS) is 19.8. The summed E-state index contributed by atoms with van der Waals surface area (Å²) in [5.41, 5.74) is -0.787. The van der Waals surface area contributed by atoms with Crippen LogP contribution in [0.2, 0.25) is 0 Å². The Labute approximate surface area is 99.6 Å². The van der Waals surface area contributed by atoms with E-state index in [0.29, 0.717) is 13.0 Å². The van der Waals surface area contributed by atoms with Crippen molar-refractivity contribution in [2.75, 3.05) is 6.54 Å². The van der Waals surface area contributed by atoms with Crippen LogP contribution in [0.3, 0.4) is 0 Å². The zero-order valence-electron chi connectivity index (χ0n) is 10.2. The molecule has 0 bridgehead atoms. The molecule has 17 heavy (non-hydrogen) atoms. The topological polar surface area (TPSA) is 81.7 Å². The largest absolute Gasteiger partial charge is 0.452 e. The molecular weight excluding hydrogens is 226 g/mol. The molecule has 1 fully saturated rings. The maximum atomic E-state index is 11.4. The molecule has 1 rings (SSSR count). The second-order valence-corrected chi connectivity index (χ2v) is 4.86. The first-order chi connectivity index (χ1) is 7.79.